The third kappa shape index (κ3) is 6.05. The van der Waals surface area contributed by atoms with Crippen LogP contribution in [0.2, 0.25) is 0 Å². The number of anilines is 6. The first-order chi connectivity index (χ1) is 32.7. The fourth-order valence-corrected chi connectivity index (χ4v) is 11.1. The number of aromatic nitrogens is 1. The second-order valence-electron chi connectivity index (χ2n) is 17.9. The van der Waals surface area contributed by atoms with Crippen molar-refractivity contribution < 1.29 is 0 Å². The van der Waals surface area contributed by atoms with Crippen molar-refractivity contribution in [3.8, 4) is 33.4 Å². The molecular formula is C62H46BN3. The predicted molar refractivity (Wildman–Crippen MR) is 282 cm³/mol. The van der Waals surface area contributed by atoms with Gasteiger partial charge >= 0.3 is 6.85 Å². The van der Waals surface area contributed by atoms with E-state index in [9.17, 15) is 0 Å². The van der Waals surface area contributed by atoms with E-state index in [0.29, 0.717) is 0 Å². The number of hydrogen-bond donors (Lipinski definition) is 0. The van der Waals surface area contributed by atoms with Gasteiger partial charge in [0.1, 0.15) is 0 Å². The first-order valence-electron chi connectivity index (χ1n) is 23.4. The molecule has 13 rings (SSSR count). The van der Waals surface area contributed by atoms with Gasteiger partial charge in [-0.1, -0.05) is 165 Å². The third-order valence-corrected chi connectivity index (χ3v) is 14.1. The van der Waals surface area contributed by atoms with Crippen molar-refractivity contribution in [3.05, 3.63) is 230 Å². The van der Waals surface area contributed by atoms with Gasteiger partial charge in [0.25, 0.3) is 0 Å². The van der Waals surface area contributed by atoms with Crippen molar-refractivity contribution in [2.75, 3.05) is 9.80 Å². The summed E-state index contributed by atoms with van der Waals surface area (Å²) in [6.45, 7) is 2.19. The van der Waals surface area contributed by atoms with Crippen LogP contribution in [0.25, 0.3) is 66.0 Å². The minimum atomic E-state index is -0.0953. The zero-order valence-electron chi connectivity index (χ0n) is 36.9. The SMILES string of the molecule is CCCCc1ccc(N2c3cc(N(c4ccccc4)c4ccccc4)ccc3B3c4c(cc(-c5ccccc5)cc42)-c2cccc4c5cc6ccccc6cc5n3c24)c(-c2ccccc2)c1. The fourth-order valence-electron chi connectivity index (χ4n) is 11.1. The normalized spacial score (nSPS) is 12.4. The molecule has 66 heavy (non-hydrogen) atoms. The zero-order chi connectivity index (χ0) is 43.7. The Morgan fingerprint density at radius 3 is 1.82 bits per heavy atom. The first kappa shape index (κ1) is 38.4. The van der Waals surface area contributed by atoms with Gasteiger partial charge in [0, 0.05) is 61.4 Å². The molecule has 0 N–H and O–H groups in total. The summed E-state index contributed by atoms with van der Waals surface area (Å²) in [4.78, 5) is 5.02. The molecule has 0 aliphatic carbocycles. The molecule has 0 radical (unpaired) electrons. The van der Waals surface area contributed by atoms with Gasteiger partial charge < -0.3 is 14.3 Å². The smallest absolute Gasteiger partial charge is 0.333 e. The molecule has 1 aromatic heterocycles. The monoisotopic (exact) mass is 843 g/mol. The molecule has 0 unspecified atom stereocenters. The number of rotatable bonds is 9. The molecule has 11 aromatic rings. The quantitative estimate of drug-likeness (QED) is 0.134. The highest BCUT2D eigenvalue weighted by Gasteiger charge is 2.43. The van der Waals surface area contributed by atoms with Crippen molar-refractivity contribution >= 4 is 84.5 Å². The summed E-state index contributed by atoms with van der Waals surface area (Å²) in [6, 6.07) is 83.7. The average molecular weight is 844 g/mol. The van der Waals surface area contributed by atoms with Gasteiger partial charge in [-0.3, -0.25) is 0 Å². The summed E-state index contributed by atoms with van der Waals surface area (Å²) < 4.78 is 2.69. The van der Waals surface area contributed by atoms with Gasteiger partial charge in [-0.05, 0) is 135 Å². The molecule has 10 aromatic carbocycles. The first-order valence-corrected chi connectivity index (χ1v) is 23.4. The second kappa shape index (κ2) is 15.6. The van der Waals surface area contributed by atoms with Crippen LogP contribution in [0.5, 0.6) is 0 Å². The fraction of sp³-hybridized carbons (Fsp3) is 0.0645. The Balaban J connectivity index is 1.17. The van der Waals surface area contributed by atoms with Crippen molar-refractivity contribution in [1.29, 1.82) is 0 Å². The average Bonchev–Trinajstić information content (AvgIpc) is 3.70. The number of benzene rings is 10. The van der Waals surface area contributed by atoms with Crippen LogP contribution in [-0.4, -0.2) is 11.3 Å². The Morgan fingerprint density at radius 2 is 1.11 bits per heavy atom. The lowest BCUT2D eigenvalue weighted by atomic mass is 9.45. The Bertz CT molecular complexity index is 3600. The number of unbranched alkanes of at least 4 members (excludes halogenated alkanes) is 1. The van der Waals surface area contributed by atoms with E-state index >= 15 is 0 Å². The molecule has 0 spiro atoms. The van der Waals surface area contributed by atoms with Crippen LogP contribution in [0, 0.1) is 0 Å². The molecule has 0 atom stereocenters. The van der Waals surface area contributed by atoms with Gasteiger partial charge in [0.2, 0.25) is 0 Å². The molecular weight excluding hydrogens is 798 g/mol. The van der Waals surface area contributed by atoms with E-state index < -0.39 is 0 Å². The van der Waals surface area contributed by atoms with Gasteiger partial charge in [-0.25, -0.2) is 0 Å². The van der Waals surface area contributed by atoms with Crippen LogP contribution in [0.1, 0.15) is 25.3 Å². The van der Waals surface area contributed by atoms with Crippen molar-refractivity contribution in [3.63, 3.8) is 0 Å². The highest BCUT2D eigenvalue weighted by Crippen LogP contribution is 2.50. The molecule has 0 amide bonds. The Labute approximate surface area is 386 Å². The van der Waals surface area contributed by atoms with Crippen LogP contribution in [0.15, 0.2) is 224 Å². The maximum atomic E-state index is 2.69. The van der Waals surface area contributed by atoms with Gasteiger partial charge in [-0.2, -0.15) is 0 Å². The van der Waals surface area contributed by atoms with E-state index in [1.807, 2.05) is 0 Å². The Hall–Kier alpha value is -8.08. The lowest BCUT2D eigenvalue weighted by Gasteiger charge is -2.42. The van der Waals surface area contributed by atoms with Crippen LogP contribution in [0.4, 0.5) is 34.1 Å². The molecule has 4 heteroatoms. The van der Waals surface area contributed by atoms with Crippen LogP contribution in [-0.2, 0) is 6.42 Å². The van der Waals surface area contributed by atoms with E-state index in [-0.39, 0.29) is 6.85 Å². The maximum Gasteiger partial charge on any atom is 0.333 e. The molecule has 0 saturated carbocycles. The van der Waals surface area contributed by atoms with Gasteiger partial charge in [0.05, 0.1) is 5.69 Å². The van der Waals surface area contributed by atoms with E-state index in [4.69, 9.17) is 0 Å². The highest BCUT2D eigenvalue weighted by molar-refractivity contribution is 6.90. The summed E-state index contributed by atoms with van der Waals surface area (Å²) in [6.07, 6.45) is 3.35. The number of nitrogens with zero attached hydrogens (tertiary/aromatic N) is 3. The lowest BCUT2D eigenvalue weighted by molar-refractivity contribution is 0.795. The zero-order valence-corrected chi connectivity index (χ0v) is 36.9. The molecule has 3 heterocycles. The van der Waals surface area contributed by atoms with Crippen molar-refractivity contribution in [2.45, 2.75) is 26.2 Å². The molecule has 0 bridgehead atoms. The van der Waals surface area contributed by atoms with E-state index in [0.717, 1.165) is 36.3 Å². The molecule has 0 fully saturated rings. The number of aryl methyl sites for hydroxylation is 1. The summed E-state index contributed by atoms with van der Waals surface area (Å²) in [7, 11) is 0. The number of fused-ring (bicyclic) bond motifs is 8. The number of hydrogen-bond acceptors (Lipinski definition) is 2. The maximum absolute atomic E-state index is 2.69. The highest BCUT2D eigenvalue weighted by atomic mass is 15.2. The van der Waals surface area contributed by atoms with Crippen molar-refractivity contribution in [2.24, 2.45) is 0 Å². The topological polar surface area (TPSA) is 11.4 Å². The minimum absolute atomic E-state index is 0.0953. The van der Waals surface area contributed by atoms with E-state index in [1.165, 1.54) is 99.5 Å². The summed E-state index contributed by atoms with van der Waals surface area (Å²) >= 11 is 0. The summed E-state index contributed by atoms with van der Waals surface area (Å²) in [5.41, 5.74) is 20.8. The lowest BCUT2D eigenvalue weighted by Crippen LogP contribution is -2.56. The van der Waals surface area contributed by atoms with Crippen LogP contribution >= 0.6 is 0 Å². The van der Waals surface area contributed by atoms with Gasteiger partial charge in [-0.15, -0.1) is 0 Å². The summed E-state index contributed by atoms with van der Waals surface area (Å²) in [5.74, 6) is 0. The number of para-hydroxylation sites is 3. The van der Waals surface area contributed by atoms with Crippen LogP contribution in [0.3, 0.4) is 0 Å². The Kier molecular flexibility index (Phi) is 9.06. The summed E-state index contributed by atoms with van der Waals surface area (Å²) in [5, 5.41) is 5.09. The van der Waals surface area contributed by atoms with Crippen molar-refractivity contribution in [1.82, 2.24) is 4.48 Å². The standard InChI is InChI=1S/C62H46BN3/c1-2-3-19-42-32-35-57(53(36-42)44-22-10-5-11-23-44)65-59-41-50(64(48-26-12-6-13-27-48)49-28-14-7-15-29-49)33-34-56(59)63-61-55(38-47(40-60(61)65)43-20-8-4-9-21-43)52-31-18-30-51-54-37-45-24-16-17-25-46(45)39-58(54)66(63)62(51)52/h4-18,20-41H,2-3,19H2,1H3. The van der Waals surface area contributed by atoms with E-state index in [2.05, 4.69) is 246 Å². The predicted octanol–water partition coefficient (Wildman–Crippen LogP) is 15.5. The molecule has 2 aliphatic rings. The molecule has 3 nitrogen and oxygen atoms in total. The largest absolute Gasteiger partial charge is 0.375 e. The van der Waals surface area contributed by atoms with Crippen LogP contribution < -0.4 is 20.7 Å². The van der Waals surface area contributed by atoms with E-state index in [1.54, 1.807) is 0 Å². The third-order valence-electron chi connectivity index (χ3n) is 14.1. The molecule has 312 valence electrons. The Morgan fingerprint density at radius 1 is 0.439 bits per heavy atom. The molecule has 0 saturated heterocycles. The minimum Gasteiger partial charge on any atom is -0.375 e. The second-order valence-corrected chi connectivity index (χ2v) is 17.9. The molecule has 2 aliphatic heterocycles. The van der Waals surface area contributed by atoms with Gasteiger partial charge in [0.15, 0.2) is 0 Å².